The number of hydrogen-bond donors (Lipinski definition) is 0. The lowest BCUT2D eigenvalue weighted by Gasteiger charge is -2.39. The van der Waals surface area contributed by atoms with Crippen LogP contribution in [0.25, 0.3) is 5.57 Å². The summed E-state index contributed by atoms with van der Waals surface area (Å²) in [5, 5.41) is 0. The van der Waals surface area contributed by atoms with Crippen molar-refractivity contribution in [2.75, 3.05) is 26.7 Å². The van der Waals surface area contributed by atoms with E-state index >= 15 is 0 Å². The fraction of sp³-hybridized carbons (Fsp3) is 0.286. The van der Waals surface area contributed by atoms with Crippen LogP contribution in [0.15, 0.2) is 66.7 Å². The summed E-state index contributed by atoms with van der Waals surface area (Å²) >= 11 is 0. The Labute approximate surface area is 144 Å². The summed E-state index contributed by atoms with van der Waals surface area (Å²) in [6.07, 6.45) is 1.77. The maximum Gasteiger partial charge on any atom is 0.246 e. The van der Waals surface area contributed by atoms with Crippen LogP contribution in [0.2, 0.25) is 0 Å². The van der Waals surface area contributed by atoms with Crippen molar-refractivity contribution in [3.8, 4) is 0 Å². The molecule has 1 aliphatic rings. The second-order valence-electron chi connectivity index (χ2n) is 6.38. The van der Waals surface area contributed by atoms with Gasteiger partial charge >= 0.3 is 0 Å². The van der Waals surface area contributed by atoms with Crippen LogP contribution in [-0.4, -0.2) is 42.4 Å². The zero-order valence-electron chi connectivity index (χ0n) is 14.4. The Morgan fingerprint density at radius 1 is 1.00 bits per heavy atom. The Kier molecular flexibility index (Phi) is 5.11. The van der Waals surface area contributed by atoms with Gasteiger partial charge in [0.25, 0.3) is 0 Å². The van der Waals surface area contributed by atoms with Crippen molar-refractivity contribution in [2.45, 2.75) is 13.0 Å². The van der Waals surface area contributed by atoms with Crippen molar-refractivity contribution in [1.29, 1.82) is 0 Å². The molecule has 1 aliphatic heterocycles. The van der Waals surface area contributed by atoms with Crippen molar-refractivity contribution in [3.05, 3.63) is 77.9 Å². The van der Waals surface area contributed by atoms with Gasteiger partial charge in [-0.2, -0.15) is 0 Å². The summed E-state index contributed by atoms with van der Waals surface area (Å²) in [4.78, 5) is 17.0. The molecule has 1 fully saturated rings. The van der Waals surface area contributed by atoms with Crippen molar-refractivity contribution < 1.29 is 4.79 Å². The van der Waals surface area contributed by atoms with Gasteiger partial charge in [-0.25, -0.2) is 0 Å². The molecule has 0 radical (unpaired) electrons. The smallest absolute Gasteiger partial charge is 0.246 e. The van der Waals surface area contributed by atoms with Crippen LogP contribution in [-0.2, 0) is 4.79 Å². The van der Waals surface area contributed by atoms with E-state index in [0.29, 0.717) is 0 Å². The van der Waals surface area contributed by atoms with Crippen molar-refractivity contribution in [1.82, 2.24) is 9.80 Å². The number of carbonyl (C=O) groups is 1. The molecular weight excluding hydrogens is 296 g/mol. The number of hydrogen-bond acceptors (Lipinski definition) is 2. The predicted molar refractivity (Wildman–Crippen MR) is 98.5 cm³/mol. The number of nitrogens with zero attached hydrogens (tertiary/aromatic N) is 2. The monoisotopic (exact) mass is 320 g/mol. The quantitative estimate of drug-likeness (QED) is 0.807. The molecule has 1 unspecified atom stereocenters. The van der Waals surface area contributed by atoms with E-state index in [9.17, 15) is 4.79 Å². The zero-order chi connectivity index (χ0) is 16.9. The van der Waals surface area contributed by atoms with Gasteiger partial charge in [0.2, 0.25) is 5.91 Å². The van der Waals surface area contributed by atoms with E-state index in [0.717, 1.165) is 30.8 Å². The Morgan fingerprint density at radius 3 is 2.29 bits per heavy atom. The molecule has 0 N–H and O–H groups in total. The summed E-state index contributed by atoms with van der Waals surface area (Å²) in [6, 6.07) is 20.7. The molecule has 1 atom stereocenters. The van der Waals surface area contributed by atoms with Gasteiger partial charge in [-0.15, -0.1) is 0 Å². The molecule has 1 amide bonds. The third kappa shape index (κ3) is 3.74. The Hall–Kier alpha value is -2.39. The van der Waals surface area contributed by atoms with Crippen molar-refractivity contribution in [2.24, 2.45) is 0 Å². The number of likely N-dealkylation sites (N-methyl/N-ethyl adjacent to an activating group) is 1. The number of allylic oxidation sites excluding steroid dienone is 1. The largest absolute Gasteiger partial charge is 0.336 e. The maximum atomic E-state index is 12.7. The summed E-state index contributed by atoms with van der Waals surface area (Å²) in [6.45, 7) is 4.40. The average Bonchev–Trinajstić information content (AvgIpc) is 2.63. The minimum atomic E-state index is 0.102. The molecular formula is C21H24N2O. The highest BCUT2D eigenvalue weighted by Gasteiger charge is 2.27. The van der Waals surface area contributed by atoms with Gasteiger partial charge in [0.1, 0.15) is 0 Å². The number of carbonyl (C=O) groups excluding carboxylic acids is 1. The average molecular weight is 320 g/mol. The molecule has 2 aromatic carbocycles. The van der Waals surface area contributed by atoms with Crippen LogP contribution < -0.4 is 0 Å². The van der Waals surface area contributed by atoms with Crippen LogP contribution in [0, 0.1) is 0 Å². The molecule has 124 valence electrons. The SMILES string of the molecule is C/C(=C\C(=O)N1CCN(C)C(c2ccccc2)C1)c1ccccc1. The number of rotatable bonds is 3. The molecule has 3 heteroatoms. The molecule has 0 aliphatic carbocycles. The first kappa shape index (κ1) is 16.5. The minimum absolute atomic E-state index is 0.102. The van der Waals surface area contributed by atoms with E-state index in [1.807, 2.05) is 48.2 Å². The molecule has 0 bridgehead atoms. The first-order valence-corrected chi connectivity index (χ1v) is 8.43. The first-order chi connectivity index (χ1) is 11.6. The molecule has 1 saturated heterocycles. The normalized spacial score (nSPS) is 19.3. The second kappa shape index (κ2) is 7.45. The second-order valence-corrected chi connectivity index (χ2v) is 6.38. The number of piperazine rings is 1. The molecule has 0 saturated carbocycles. The van der Waals surface area contributed by atoms with E-state index < -0.39 is 0 Å². The molecule has 2 aromatic rings. The van der Waals surface area contributed by atoms with Crippen LogP contribution in [0.1, 0.15) is 24.1 Å². The predicted octanol–water partition coefficient (Wildman–Crippen LogP) is 3.61. The van der Waals surface area contributed by atoms with Gasteiger partial charge in [-0.1, -0.05) is 60.7 Å². The van der Waals surface area contributed by atoms with Crippen molar-refractivity contribution in [3.63, 3.8) is 0 Å². The number of amides is 1. The molecule has 0 spiro atoms. The molecule has 0 aromatic heterocycles. The van der Waals surface area contributed by atoms with Gasteiger partial charge in [0.15, 0.2) is 0 Å². The highest BCUT2D eigenvalue weighted by molar-refractivity contribution is 5.95. The molecule has 3 nitrogen and oxygen atoms in total. The van der Waals surface area contributed by atoms with Gasteiger partial charge in [0.05, 0.1) is 6.04 Å². The van der Waals surface area contributed by atoms with Crippen molar-refractivity contribution >= 4 is 11.5 Å². The summed E-state index contributed by atoms with van der Waals surface area (Å²) in [5.74, 6) is 0.102. The van der Waals surface area contributed by atoms with Crippen LogP contribution >= 0.6 is 0 Å². The van der Waals surface area contributed by atoms with E-state index in [2.05, 4.69) is 36.2 Å². The third-order valence-corrected chi connectivity index (χ3v) is 4.71. The van der Waals surface area contributed by atoms with Gasteiger partial charge < -0.3 is 4.90 Å². The van der Waals surface area contributed by atoms with Gasteiger partial charge in [0, 0.05) is 25.7 Å². The molecule has 1 heterocycles. The Balaban J connectivity index is 1.74. The Morgan fingerprint density at radius 2 is 1.62 bits per heavy atom. The molecule has 3 rings (SSSR count). The maximum absolute atomic E-state index is 12.7. The van der Waals surface area contributed by atoms with Crippen LogP contribution in [0.5, 0.6) is 0 Å². The van der Waals surface area contributed by atoms with E-state index in [1.165, 1.54) is 5.56 Å². The number of benzene rings is 2. The van der Waals surface area contributed by atoms with E-state index in [-0.39, 0.29) is 11.9 Å². The fourth-order valence-electron chi connectivity index (χ4n) is 3.17. The van der Waals surface area contributed by atoms with Crippen LogP contribution in [0.4, 0.5) is 0 Å². The summed E-state index contributed by atoms with van der Waals surface area (Å²) < 4.78 is 0. The highest BCUT2D eigenvalue weighted by atomic mass is 16.2. The molecule has 24 heavy (non-hydrogen) atoms. The lowest BCUT2D eigenvalue weighted by Crippen LogP contribution is -2.48. The highest BCUT2D eigenvalue weighted by Crippen LogP contribution is 2.24. The lowest BCUT2D eigenvalue weighted by molar-refractivity contribution is -0.128. The lowest BCUT2D eigenvalue weighted by atomic mass is 10.0. The minimum Gasteiger partial charge on any atom is -0.336 e. The van der Waals surface area contributed by atoms with Crippen LogP contribution in [0.3, 0.4) is 0 Å². The Bertz CT molecular complexity index is 709. The van der Waals surface area contributed by atoms with Gasteiger partial charge in [-0.05, 0) is 30.7 Å². The summed E-state index contributed by atoms with van der Waals surface area (Å²) in [5.41, 5.74) is 3.37. The van der Waals surface area contributed by atoms with Gasteiger partial charge in [-0.3, -0.25) is 9.69 Å². The topological polar surface area (TPSA) is 23.6 Å². The fourth-order valence-corrected chi connectivity index (χ4v) is 3.17. The van der Waals surface area contributed by atoms with E-state index in [1.54, 1.807) is 6.08 Å². The third-order valence-electron chi connectivity index (χ3n) is 4.71. The first-order valence-electron chi connectivity index (χ1n) is 8.43. The zero-order valence-corrected chi connectivity index (χ0v) is 14.4. The van der Waals surface area contributed by atoms with E-state index in [4.69, 9.17) is 0 Å². The summed E-state index contributed by atoms with van der Waals surface area (Å²) in [7, 11) is 2.13. The standard InChI is InChI=1S/C21H24N2O/c1-17(18-9-5-3-6-10-18)15-21(24)23-14-13-22(2)20(16-23)19-11-7-4-8-12-19/h3-12,15,20H,13-14,16H2,1-2H3/b17-15+.